The van der Waals surface area contributed by atoms with Crippen molar-refractivity contribution in [3.63, 3.8) is 0 Å². The van der Waals surface area contributed by atoms with E-state index in [9.17, 15) is 13.2 Å². The van der Waals surface area contributed by atoms with E-state index in [1.165, 1.54) is 24.9 Å². The molecule has 2 rings (SSSR count). The van der Waals surface area contributed by atoms with Crippen LogP contribution in [-0.2, 0) is 9.84 Å². The van der Waals surface area contributed by atoms with Crippen LogP contribution in [-0.4, -0.2) is 20.5 Å². The van der Waals surface area contributed by atoms with Crippen LogP contribution in [0.15, 0.2) is 61.6 Å². The first-order valence-corrected chi connectivity index (χ1v) is 9.56. The standard InChI is InChI=1S/C15H13BrO3S2/c1-10(17)14-9-11(16)3-8-15(14)20-12-4-6-13(7-5-12)21(2,18)19/h3-9H,1-2H3. The van der Waals surface area contributed by atoms with Crippen LogP contribution >= 0.6 is 27.7 Å². The number of hydrogen-bond acceptors (Lipinski definition) is 4. The zero-order valence-electron chi connectivity index (χ0n) is 11.5. The van der Waals surface area contributed by atoms with E-state index < -0.39 is 9.84 Å². The lowest BCUT2D eigenvalue weighted by Crippen LogP contribution is -1.97. The first kappa shape index (κ1) is 16.3. The first-order chi connectivity index (χ1) is 9.77. The summed E-state index contributed by atoms with van der Waals surface area (Å²) in [7, 11) is -3.19. The molecule has 0 saturated heterocycles. The summed E-state index contributed by atoms with van der Waals surface area (Å²) >= 11 is 4.79. The largest absolute Gasteiger partial charge is 0.294 e. The molecule has 0 bridgehead atoms. The zero-order valence-corrected chi connectivity index (χ0v) is 14.7. The number of Topliss-reactive ketones (excluding diaryl/α,β-unsaturated/α-hetero) is 1. The molecule has 0 aromatic heterocycles. The summed E-state index contributed by atoms with van der Waals surface area (Å²) in [5, 5.41) is 0. The fourth-order valence-electron chi connectivity index (χ4n) is 1.75. The molecule has 0 saturated carbocycles. The lowest BCUT2D eigenvalue weighted by Gasteiger charge is -2.08. The molecule has 110 valence electrons. The molecule has 6 heteroatoms. The summed E-state index contributed by atoms with van der Waals surface area (Å²) in [6, 6.07) is 12.2. The van der Waals surface area contributed by atoms with Crippen LogP contribution in [0, 0.1) is 0 Å². The number of benzene rings is 2. The molecule has 0 heterocycles. The SMILES string of the molecule is CC(=O)c1cc(Br)ccc1Sc1ccc(S(C)(=O)=O)cc1. The third-order valence-electron chi connectivity index (χ3n) is 2.80. The maximum absolute atomic E-state index is 11.7. The van der Waals surface area contributed by atoms with Crippen molar-refractivity contribution in [3.8, 4) is 0 Å². The van der Waals surface area contributed by atoms with Gasteiger partial charge in [-0.2, -0.15) is 0 Å². The summed E-state index contributed by atoms with van der Waals surface area (Å²) in [5.74, 6) is -0.00782. The van der Waals surface area contributed by atoms with Gasteiger partial charge in [0.25, 0.3) is 0 Å². The molecule has 0 aliphatic rings. The number of halogens is 1. The number of carbonyl (C=O) groups excluding carboxylic acids is 1. The van der Waals surface area contributed by atoms with Gasteiger partial charge in [-0.05, 0) is 49.4 Å². The topological polar surface area (TPSA) is 51.2 Å². The molecular weight excluding hydrogens is 372 g/mol. The summed E-state index contributed by atoms with van der Waals surface area (Å²) in [5.41, 5.74) is 0.640. The minimum Gasteiger partial charge on any atom is -0.294 e. The molecule has 2 aromatic rings. The summed E-state index contributed by atoms with van der Waals surface area (Å²) in [6.07, 6.45) is 1.18. The van der Waals surface area contributed by atoms with Crippen molar-refractivity contribution < 1.29 is 13.2 Å². The molecule has 0 atom stereocenters. The molecule has 0 radical (unpaired) electrons. The van der Waals surface area contributed by atoms with Crippen LogP contribution < -0.4 is 0 Å². The second-order valence-electron chi connectivity index (χ2n) is 4.54. The van der Waals surface area contributed by atoms with Crippen molar-refractivity contribution in [2.45, 2.75) is 21.6 Å². The van der Waals surface area contributed by atoms with Gasteiger partial charge in [0.1, 0.15) is 0 Å². The maximum Gasteiger partial charge on any atom is 0.175 e. The van der Waals surface area contributed by atoms with Crippen LogP contribution in [0.25, 0.3) is 0 Å². The summed E-state index contributed by atoms with van der Waals surface area (Å²) in [6.45, 7) is 1.53. The fourth-order valence-corrected chi connectivity index (χ4v) is 3.71. The Labute approximate surface area is 136 Å². The van der Waals surface area contributed by atoms with Gasteiger partial charge in [-0.15, -0.1) is 0 Å². The zero-order chi connectivity index (χ0) is 15.6. The predicted octanol–water partition coefficient (Wildman–Crippen LogP) is 4.21. The highest BCUT2D eigenvalue weighted by Crippen LogP contribution is 2.32. The van der Waals surface area contributed by atoms with Gasteiger partial charge in [0, 0.05) is 26.1 Å². The number of ketones is 1. The molecule has 21 heavy (non-hydrogen) atoms. The molecule has 0 amide bonds. The molecule has 3 nitrogen and oxygen atoms in total. The minimum absolute atomic E-state index is 0.00782. The Balaban J connectivity index is 2.33. The number of carbonyl (C=O) groups is 1. The van der Waals surface area contributed by atoms with E-state index in [0.717, 1.165) is 14.3 Å². The van der Waals surface area contributed by atoms with Crippen molar-refractivity contribution in [1.82, 2.24) is 0 Å². The van der Waals surface area contributed by atoms with Gasteiger partial charge in [0.2, 0.25) is 0 Å². The van der Waals surface area contributed by atoms with Gasteiger partial charge in [0.15, 0.2) is 15.6 Å². The molecule has 0 N–H and O–H groups in total. The van der Waals surface area contributed by atoms with Gasteiger partial charge in [-0.25, -0.2) is 8.42 Å². The molecule has 0 spiro atoms. The number of hydrogen-bond donors (Lipinski definition) is 0. The minimum atomic E-state index is -3.19. The van der Waals surface area contributed by atoms with Crippen LogP contribution in [0.5, 0.6) is 0 Å². The Kier molecular flexibility index (Phi) is 4.91. The third-order valence-corrected chi connectivity index (χ3v) is 5.51. The van der Waals surface area contributed by atoms with E-state index in [1.54, 1.807) is 30.3 Å². The van der Waals surface area contributed by atoms with Crippen LogP contribution in [0.2, 0.25) is 0 Å². The van der Waals surface area contributed by atoms with E-state index in [-0.39, 0.29) is 10.7 Å². The molecule has 0 fully saturated rings. The second-order valence-corrected chi connectivity index (χ2v) is 8.59. The smallest absolute Gasteiger partial charge is 0.175 e. The van der Waals surface area contributed by atoms with Crippen molar-refractivity contribution in [3.05, 3.63) is 52.5 Å². The van der Waals surface area contributed by atoms with E-state index >= 15 is 0 Å². The first-order valence-electron chi connectivity index (χ1n) is 6.06. The van der Waals surface area contributed by atoms with E-state index in [0.29, 0.717) is 5.56 Å². The Bertz CT molecular complexity index is 781. The van der Waals surface area contributed by atoms with Gasteiger partial charge < -0.3 is 0 Å². The van der Waals surface area contributed by atoms with E-state index in [4.69, 9.17) is 0 Å². The Morgan fingerprint density at radius 2 is 1.71 bits per heavy atom. The van der Waals surface area contributed by atoms with Crippen molar-refractivity contribution >= 4 is 43.3 Å². The van der Waals surface area contributed by atoms with Crippen molar-refractivity contribution in [2.75, 3.05) is 6.26 Å². The highest BCUT2D eigenvalue weighted by Gasteiger charge is 2.11. The maximum atomic E-state index is 11.7. The monoisotopic (exact) mass is 384 g/mol. The second kappa shape index (κ2) is 6.34. The number of rotatable bonds is 4. The normalized spacial score (nSPS) is 11.4. The van der Waals surface area contributed by atoms with E-state index in [2.05, 4.69) is 15.9 Å². The fraction of sp³-hybridized carbons (Fsp3) is 0.133. The number of sulfone groups is 1. The van der Waals surface area contributed by atoms with Gasteiger partial charge >= 0.3 is 0 Å². The molecular formula is C15H13BrO3S2. The Morgan fingerprint density at radius 3 is 2.24 bits per heavy atom. The Hall–Kier alpha value is -1.11. The lowest BCUT2D eigenvalue weighted by atomic mass is 10.1. The Morgan fingerprint density at radius 1 is 1.10 bits per heavy atom. The molecule has 0 unspecified atom stereocenters. The van der Waals surface area contributed by atoms with E-state index in [1.807, 2.05) is 12.1 Å². The highest BCUT2D eigenvalue weighted by atomic mass is 79.9. The predicted molar refractivity (Wildman–Crippen MR) is 87.8 cm³/mol. The highest BCUT2D eigenvalue weighted by molar-refractivity contribution is 9.10. The molecule has 0 aliphatic heterocycles. The average molecular weight is 385 g/mol. The molecule has 2 aromatic carbocycles. The third kappa shape index (κ3) is 4.18. The van der Waals surface area contributed by atoms with Gasteiger partial charge in [0.05, 0.1) is 4.90 Å². The molecule has 0 aliphatic carbocycles. The average Bonchev–Trinajstić information content (AvgIpc) is 2.40. The quantitative estimate of drug-likeness (QED) is 0.740. The summed E-state index contributed by atoms with van der Waals surface area (Å²) < 4.78 is 23.7. The van der Waals surface area contributed by atoms with Crippen molar-refractivity contribution in [1.29, 1.82) is 0 Å². The lowest BCUT2D eigenvalue weighted by molar-refractivity contribution is 0.101. The van der Waals surface area contributed by atoms with Crippen molar-refractivity contribution in [2.24, 2.45) is 0 Å². The van der Waals surface area contributed by atoms with Crippen LogP contribution in [0.4, 0.5) is 0 Å². The van der Waals surface area contributed by atoms with Crippen LogP contribution in [0.1, 0.15) is 17.3 Å². The summed E-state index contributed by atoms with van der Waals surface area (Å²) in [4.78, 5) is 13.7. The van der Waals surface area contributed by atoms with Gasteiger partial charge in [-0.3, -0.25) is 4.79 Å². The van der Waals surface area contributed by atoms with Crippen LogP contribution in [0.3, 0.4) is 0 Å². The van der Waals surface area contributed by atoms with Gasteiger partial charge in [-0.1, -0.05) is 27.7 Å².